The van der Waals surface area contributed by atoms with Crippen molar-refractivity contribution in [2.75, 3.05) is 6.61 Å². The van der Waals surface area contributed by atoms with Gasteiger partial charge in [-0.3, -0.25) is 10.2 Å². The average molecular weight is 384 g/mol. The van der Waals surface area contributed by atoms with Gasteiger partial charge in [-0.1, -0.05) is 42.5 Å². The van der Waals surface area contributed by atoms with Gasteiger partial charge in [0.2, 0.25) is 5.91 Å². The normalized spacial score (nSPS) is 11.3. The zero-order valence-corrected chi connectivity index (χ0v) is 15.6. The van der Waals surface area contributed by atoms with Gasteiger partial charge in [-0.05, 0) is 47.5 Å². The molecule has 0 aliphatic rings. The Morgan fingerprint density at radius 1 is 0.963 bits per heavy atom. The molecule has 0 spiro atoms. The smallest absolute Gasteiger partial charge is 0.257 e. The van der Waals surface area contributed by atoms with Gasteiger partial charge < -0.3 is 4.74 Å². The number of benzene rings is 3. The topological polar surface area (TPSA) is 84.5 Å². The van der Waals surface area contributed by atoms with Gasteiger partial charge in [0.25, 0.3) is 10.0 Å². The molecule has 0 radical (unpaired) electrons. The third-order valence-corrected chi connectivity index (χ3v) is 5.26. The number of nitrogens with one attached hydrogen (secondary N) is 2. The second kappa shape index (κ2) is 8.20. The van der Waals surface area contributed by atoms with Crippen LogP contribution in [-0.2, 0) is 21.2 Å². The fraction of sp³-hybridized carbons (Fsp3) is 0.150. The molecule has 0 fully saturated rings. The van der Waals surface area contributed by atoms with Gasteiger partial charge in [-0.15, -0.1) is 4.83 Å². The molecule has 3 rings (SSSR count). The molecular formula is C20H20N2O4S. The van der Waals surface area contributed by atoms with Crippen LogP contribution in [0.4, 0.5) is 0 Å². The van der Waals surface area contributed by atoms with Crippen molar-refractivity contribution in [2.45, 2.75) is 18.2 Å². The highest BCUT2D eigenvalue weighted by Crippen LogP contribution is 2.19. The lowest BCUT2D eigenvalue weighted by Crippen LogP contribution is -2.42. The highest BCUT2D eigenvalue weighted by Gasteiger charge is 2.15. The molecule has 0 saturated heterocycles. The van der Waals surface area contributed by atoms with Gasteiger partial charge in [-0.25, -0.2) is 8.42 Å². The molecule has 2 N–H and O–H groups in total. The summed E-state index contributed by atoms with van der Waals surface area (Å²) in [4.78, 5) is 14.4. The van der Waals surface area contributed by atoms with Crippen molar-refractivity contribution < 1.29 is 17.9 Å². The molecular weight excluding hydrogens is 364 g/mol. The van der Waals surface area contributed by atoms with Crippen LogP contribution in [0, 0.1) is 0 Å². The first kappa shape index (κ1) is 18.9. The zero-order chi connectivity index (χ0) is 19.3. The SMILES string of the molecule is CCOc1ccc(S(=O)(=O)NNC(=O)Cc2cccc3ccccc23)cc1. The fourth-order valence-electron chi connectivity index (χ4n) is 2.73. The third-order valence-electron chi connectivity index (χ3n) is 4.00. The summed E-state index contributed by atoms with van der Waals surface area (Å²) in [6, 6.07) is 19.4. The van der Waals surface area contributed by atoms with Crippen LogP contribution >= 0.6 is 0 Å². The Balaban J connectivity index is 1.65. The van der Waals surface area contributed by atoms with Gasteiger partial charge >= 0.3 is 0 Å². The number of hydrogen-bond donors (Lipinski definition) is 2. The molecule has 1 amide bonds. The number of amides is 1. The monoisotopic (exact) mass is 384 g/mol. The number of fused-ring (bicyclic) bond motifs is 1. The summed E-state index contributed by atoms with van der Waals surface area (Å²) in [7, 11) is -3.86. The van der Waals surface area contributed by atoms with Gasteiger partial charge in [0.05, 0.1) is 17.9 Å². The number of rotatable bonds is 7. The van der Waals surface area contributed by atoms with Crippen LogP contribution in [0.2, 0.25) is 0 Å². The molecule has 0 saturated carbocycles. The van der Waals surface area contributed by atoms with E-state index in [1.54, 1.807) is 12.1 Å². The van der Waals surface area contributed by atoms with Crippen LogP contribution in [-0.4, -0.2) is 20.9 Å². The van der Waals surface area contributed by atoms with Crippen molar-refractivity contribution in [1.82, 2.24) is 10.3 Å². The second-order valence-electron chi connectivity index (χ2n) is 5.87. The fourth-order valence-corrected chi connectivity index (χ4v) is 3.59. The Labute approximate surface area is 158 Å². The lowest BCUT2D eigenvalue weighted by Gasteiger charge is -2.10. The molecule has 0 aliphatic heterocycles. The highest BCUT2D eigenvalue weighted by atomic mass is 32.2. The summed E-state index contributed by atoms with van der Waals surface area (Å²) in [5, 5.41) is 1.99. The predicted octanol–water partition coefficient (Wildman–Crippen LogP) is 2.79. The molecule has 140 valence electrons. The van der Waals surface area contributed by atoms with E-state index in [-0.39, 0.29) is 11.3 Å². The van der Waals surface area contributed by atoms with Crippen molar-refractivity contribution >= 4 is 26.7 Å². The largest absolute Gasteiger partial charge is 0.494 e. The van der Waals surface area contributed by atoms with E-state index in [9.17, 15) is 13.2 Å². The minimum absolute atomic E-state index is 0.0383. The van der Waals surface area contributed by atoms with E-state index >= 15 is 0 Å². The minimum atomic E-state index is -3.86. The van der Waals surface area contributed by atoms with Crippen LogP contribution in [0.3, 0.4) is 0 Å². The summed E-state index contributed by atoms with van der Waals surface area (Å²) in [6.07, 6.45) is 0.0626. The maximum absolute atomic E-state index is 12.3. The summed E-state index contributed by atoms with van der Waals surface area (Å²) < 4.78 is 29.9. The van der Waals surface area contributed by atoms with Crippen molar-refractivity contribution in [3.05, 3.63) is 72.3 Å². The molecule has 27 heavy (non-hydrogen) atoms. The van der Waals surface area contributed by atoms with Crippen LogP contribution in [0.25, 0.3) is 10.8 Å². The van der Waals surface area contributed by atoms with Crippen LogP contribution in [0.1, 0.15) is 12.5 Å². The second-order valence-corrected chi connectivity index (χ2v) is 7.56. The van der Waals surface area contributed by atoms with Gasteiger partial charge in [0, 0.05) is 0 Å². The zero-order valence-electron chi connectivity index (χ0n) is 14.8. The number of sulfonamides is 1. The molecule has 0 aromatic heterocycles. The third kappa shape index (κ3) is 4.64. The lowest BCUT2D eigenvalue weighted by molar-refractivity contribution is -0.120. The first-order chi connectivity index (χ1) is 13.0. The number of hydrogen-bond acceptors (Lipinski definition) is 4. The van der Waals surface area contributed by atoms with Gasteiger partial charge in [0.1, 0.15) is 5.75 Å². The average Bonchev–Trinajstić information content (AvgIpc) is 2.68. The van der Waals surface area contributed by atoms with Crippen LogP contribution < -0.4 is 15.0 Å². The summed E-state index contributed by atoms with van der Waals surface area (Å²) in [6.45, 7) is 2.34. The summed E-state index contributed by atoms with van der Waals surface area (Å²) in [5.41, 5.74) is 3.09. The van der Waals surface area contributed by atoms with E-state index < -0.39 is 15.9 Å². The minimum Gasteiger partial charge on any atom is -0.494 e. The van der Waals surface area contributed by atoms with Crippen LogP contribution in [0.15, 0.2) is 71.6 Å². The summed E-state index contributed by atoms with van der Waals surface area (Å²) >= 11 is 0. The van der Waals surface area contributed by atoms with E-state index in [0.29, 0.717) is 12.4 Å². The van der Waals surface area contributed by atoms with E-state index in [4.69, 9.17) is 4.74 Å². The lowest BCUT2D eigenvalue weighted by atomic mass is 10.0. The molecule has 6 nitrogen and oxygen atoms in total. The van der Waals surface area contributed by atoms with Gasteiger partial charge in [-0.2, -0.15) is 0 Å². The Morgan fingerprint density at radius 3 is 2.41 bits per heavy atom. The number of ether oxygens (including phenoxy) is 1. The Kier molecular flexibility index (Phi) is 5.73. The first-order valence-corrected chi connectivity index (χ1v) is 9.98. The molecule has 0 atom stereocenters. The molecule has 3 aromatic carbocycles. The summed E-state index contributed by atoms with van der Waals surface area (Å²) in [5.74, 6) is 0.136. The van der Waals surface area contributed by atoms with Gasteiger partial charge in [0.15, 0.2) is 0 Å². The molecule has 0 aliphatic carbocycles. The first-order valence-electron chi connectivity index (χ1n) is 8.50. The predicted molar refractivity (Wildman–Crippen MR) is 104 cm³/mol. The maximum Gasteiger partial charge on any atom is 0.257 e. The van der Waals surface area contributed by atoms with Crippen molar-refractivity contribution in [1.29, 1.82) is 0 Å². The number of carbonyl (C=O) groups excluding carboxylic acids is 1. The number of carbonyl (C=O) groups is 1. The maximum atomic E-state index is 12.3. The van der Waals surface area contributed by atoms with E-state index in [0.717, 1.165) is 16.3 Å². The Hall–Kier alpha value is -2.90. The van der Waals surface area contributed by atoms with Crippen molar-refractivity contribution in [3.8, 4) is 5.75 Å². The molecule has 7 heteroatoms. The standard InChI is InChI=1S/C20H20N2O4S/c1-2-26-17-10-12-18(13-11-17)27(24,25)22-21-20(23)14-16-8-5-7-15-6-3-4-9-19(15)16/h3-13,22H,2,14H2,1H3,(H,21,23). The molecule has 0 unspecified atom stereocenters. The van der Waals surface area contributed by atoms with E-state index in [2.05, 4.69) is 10.3 Å². The Morgan fingerprint density at radius 2 is 1.67 bits per heavy atom. The van der Waals surface area contributed by atoms with Crippen molar-refractivity contribution in [2.24, 2.45) is 0 Å². The Bertz CT molecular complexity index is 1040. The van der Waals surface area contributed by atoms with E-state index in [1.807, 2.05) is 49.4 Å². The highest BCUT2D eigenvalue weighted by molar-refractivity contribution is 7.89. The van der Waals surface area contributed by atoms with Crippen LogP contribution in [0.5, 0.6) is 5.75 Å². The van der Waals surface area contributed by atoms with E-state index in [1.165, 1.54) is 12.1 Å². The number of hydrazine groups is 1. The van der Waals surface area contributed by atoms with Crippen molar-refractivity contribution in [3.63, 3.8) is 0 Å². The quantitative estimate of drug-likeness (QED) is 0.614. The molecule has 3 aromatic rings. The molecule has 0 bridgehead atoms. The molecule has 0 heterocycles.